The van der Waals surface area contributed by atoms with Crippen molar-refractivity contribution in [2.75, 3.05) is 12.0 Å². The van der Waals surface area contributed by atoms with Gasteiger partial charge in [0.15, 0.2) is 5.54 Å². The molecule has 2 atom stereocenters. The molecule has 0 aromatic heterocycles. The number of hydrogen-bond acceptors (Lipinski definition) is 3. The van der Waals surface area contributed by atoms with E-state index in [-0.39, 0.29) is 5.75 Å². The highest BCUT2D eigenvalue weighted by Gasteiger charge is 2.43. The van der Waals surface area contributed by atoms with Gasteiger partial charge in [-0.15, -0.1) is 0 Å². The molecule has 0 aliphatic rings. The molecule has 13 heavy (non-hydrogen) atoms. The highest BCUT2D eigenvalue weighted by Crippen LogP contribution is 2.17. The molecule has 0 aliphatic carbocycles. The minimum Gasteiger partial charge on any atom is -0.480 e. The lowest BCUT2D eigenvalue weighted by Gasteiger charge is -2.22. The minimum atomic E-state index is -3.16. The summed E-state index contributed by atoms with van der Waals surface area (Å²) in [5, 5.41) is 8.41. The van der Waals surface area contributed by atoms with Crippen molar-refractivity contribution in [1.29, 1.82) is 0 Å². The van der Waals surface area contributed by atoms with Crippen LogP contribution in [0.25, 0.3) is 0 Å². The van der Waals surface area contributed by atoms with Crippen molar-refractivity contribution in [3.05, 3.63) is 0 Å². The zero-order valence-corrected chi connectivity index (χ0v) is 7.81. The highest BCUT2D eigenvalue weighted by molar-refractivity contribution is 7.84. The fourth-order valence-corrected chi connectivity index (χ4v) is 1.25. The van der Waals surface area contributed by atoms with Crippen molar-refractivity contribution in [2.24, 2.45) is 5.73 Å². The maximum absolute atomic E-state index is 12.2. The topological polar surface area (TPSA) is 80.4 Å². The zero-order chi connectivity index (χ0) is 10.6. The Bertz CT molecular complexity index is 224. The van der Waals surface area contributed by atoms with Crippen LogP contribution in [0.4, 0.5) is 8.78 Å². The van der Waals surface area contributed by atoms with Crippen molar-refractivity contribution in [3.8, 4) is 0 Å². The van der Waals surface area contributed by atoms with Gasteiger partial charge in [0.1, 0.15) is 0 Å². The average molecular weight is 215 g/mol. The Balaban J connectivity index is 4.43. The van der Waals surface area contributed by atoms with Crippen LogP contribution in [0.5, 0.6) is 0 Å². The van der Waals surface area contributed by atoms with Gasteiger partial charge in [-0.1, -0.05) is 0 Å². The number of hydrogen-bond donors (Lipinski definition) is 2. The van der Waals surface area contributed by atoms with E-state index in [1.807, 2.05) is 0 Å². The van der Waals surface area contributed by atoms with Crippen LogP contribution in [0.2, 0.25) is 0 Å². The molecule has 2 unspecified atom stereocenters. The summed E-state index contributed by atoms with van der Waals surface area (Å²) in [4.78, 5) is 10.4. The van der Waals surface area contributed by atoms with E-state index in [4.69, 9.17) is 10.8 Å². The first-order valence-electron chi connectivity index (χ1n) is 3.41. The van der Waals surface area contributed by atoms with Crippen LogP contribution in [0.3, 0.4) is 0 Å². The fraction of sp³-hybridized carbons (Fsp3) is 0.833. The van der Waals surface area contributed by atoms with Crippen molar-refractivity contribution in [1.82, 2.24) is 0 Å². The monoisotopic (exact) mass is 215 g/mol. The van der Waals surface area contributed by atoms with E-state index in [2.05, 4.69) is 0 Å². The molecule has 0 amide bonds. The molecular weight excluding hydrogens is 204 g/mol. The van der Waals surface area contributed by atoms with E-state index in [1.54, 1.807) is 0 Å². The molecule has 0 saturated heterocycles. The predicted octanol–water partition coefficient (Wildman–Crippen LogP) is -0.198. The Morgan fingerprint density at radius 3 is 2.38 bits per heavy atom. The average Bonchev–Trinajstić information content (AvgIpc) is 1.99. The van der Waals surface area contributed by atoms with Gasteiger partial charge in [0.2, 0.25) is 0 Å². The molecule has 0 spiro atoms. The Labute approximate surface area is 76.6 Å². The van der Waals surface area contributed by atoms with Crippen molar-refractivity contribution in [3.63, 3.8) is 0 Å². The third kappa shape index (κ3) is 3.35. The molecule has 0 bridgehead atoms. The molecular formula is C6H11F2NO3S. The van der Waals surface area contributed by atoms with E-state index in [9.17, 15) is 17.8 Å². The molecule has 0 rings (SSSR count). The second-order valence-electron chi connectivity index (χ2n) is 2.67. The molecule has 3 N–H and O–H groups in total. The van der Waals surface area contributed by atoms with Crippen LogP contribution in [0.15, 0.2) is 0 Å². The summed E-state index contributed by atoms with van der Waals surface area (Å²) >= 11 is 0. The quantitative estimate of drug-likeness (QED) is 0.665. The molecule has 7 heteroatoms. The van der Waals surface area contributed by atoms with Gasteiger partial charge >= 0.3 is 5.97 Å². The standard InChI is InChI=1S/C6H11F2NO3S/c1-13(12)3-2-6(9,4(7)8)5(10)11/h4H,2-3,9H2,1H3,(H,10,11). The number of halogens is 2. The second-order valence-corrected chi connectivity index (χ2v) is 4.23. The van der Waals surface area contributed by atoms with E-state index >= 15 is 0 Å². The number of rotatable bonds is 5. The van der Waals surface area contributed by atoms with Crippen LogP contribution in [-0.4, -0.2) is 39.3 Å². The Kier molecular flexibility index (Phi) is 4.41. The first-order chi connectivity index (χ1) is 5.80. The van der Waals surface area contributed by atoms with Crippen molar-refractivity contribution in [2.45, 2.75) is 18.4 Å². The highest BCUT2D eigenvalue weighted by atomic mass is 32.2. The number of carboxylic acid groups (broad SMARTS) is 1. The summed E-state index contributed by atoms with van der Waals surface area (Å²) < 4.78 is 34.9. The number of nitrogens with two attached hydrogens (primary N) is 1. The van der Waals surface area contributed by atoms with Gasteiger partial charge in [-0.3, -0.25) is 4.21 Å². The van der Waals surface area contributed by atoms with Gasteiger partial charge < -0.3 is 10.8 Å². The van der Waals surface area contributed by atoms with Gasteiger partial charge in [-0.25, -0.2) is 13.6 Å². The van der Waals surface area contributed by atoms with Crippen molar-refractivity contribution >= 4 is 16.8 Å². The van der Waals surface area contributed by atoms with Gasteiger partial charge in [0, 0.05) is 22.8 Å². The summed E-state index contributed by atoms with van der Waals surface area (Å²) in [6.07, 6.45) is -2.36. The summed E-state index contributed by atoms with van der Waals surface area (Å²) in [5.74, 6) is -1.92. The summed E-state index contributed by atoms with van der Waals surface area (Å²) in [6, 6.07) is 0. The lowest BCUT2D eigenvalue weighted by Crippen LogP contribution is -2.54. The molecule has 0 radical (unpaired) electrons. The number of carboxylic acids is 1. The Morgan fingerprint density at radius 2 is 2.15 bits per heavy atom. The minimum absolute atomic E-state index is 0.146. The maximum atomic E-state index is 12.2. The third-order valence-electron chi connectivity index (χ3n) is 1.59. The fourth-order valence-electron chi connectivity index (χ4n) is 0.622. The molecule has 78 valence electrons. The first-order valence-corrected chi connectivity index (χ1v) is 5.14. The van der Waals surface area contributed by atoms with E-state index in [0.29, 0.717) is 0 Å². The molecule has 0 aliphatic heterocycles. The summed E-state index contributed by atoms with van der Waals surface area (Å²) in [6.45, 7) is 0. The van der Waals surface area contributed by atoms with Crippen LogP contribution < -0.4 is 5.73 Å². The lowest BCUT2D eigenvalue weighted by molar-refractivity contribution is -0.149. The maximum Gasteiger partial charge on any atom is 0.329 e. The molecule has 0 fully saturated rings. The lowest BCUT2D eigenvalue weighted by atomic mass is 9.99. The van der Waals surface area contributed by atoms with Gasteiger partial charge in [0.05, 0.1) is 0 Å². The van der Waals surface area contributed by atoms with E-state index in [1.165, 1.54) is 6.26 Å². The largest absolute Gasteiger partial charge is 0.480 e. The van der Waals surface area contributed by atoms with Gasteiger partial charge in [0.25, 0.3) is 6.43 Å². The number of alkyl halides is 2. The van der Waals surface area contributed by atoms with E-state index < -0.39 is 35.2 Å². The van der Waals surface area contributed by atoms with Crippen LogP contribution in [0, 0.1) is 0 Å². The Hall–Kier alpha value is -0.560. The second kappa shape index (κ2) is 4.61. The van der Waals surface area contributed by atoms with E-state index in [0.717, 1.165) is 0 Å². The van der Waals surface area contributed by atoms with Crippen LogP contribution >= 0.6 is 0 Å². The van der Waals surface area contributed by atoms with Gasteiger partial charge in [-0.05, 0) is 6.42 Å². The molecule has 0 aromatic carbocycles. The first kappa shape index (κ1) is 12.4. The SMILES string of the molecule is CS(=O)CCC(N)(C(=O)O)C(F)F. The molecule has 0 aromatic rings. The van der Waals surface area contributed by atoms with Gasteiger partial charge in [-0.2, -0.15) is 0 Å². The smallest absolute Gasteiger partial charge is 0.329 e. The molecule has 0 heterocycles. The summed E-state index contributed by atoms with van der Waals surface area (Å²) in [5.41, 5.74) is 2.37. The zero-order valence-electron chi connectivity index (χ0n) is 7.00. The molecule has 0 saturated carbocycles. The predicted molar refractivity (Wildman–Crippen MR) is 44.1 cm³/mol. The Morgan fingerprint density at radius 1 is 1.69 bits per heavy atom. The normalized spacial score (nSPS) is 18.2. The summed E-state index contributed by atoms with van der Waals surface area (Å²) in [7, 11) is -1.32. The van der Waals surface area contributed by atoms with Crippen LogP contribution in [-0.2, 0) is 15.6 Å². The molecule has 4 nitrogen and oxygen atoms in total. The number of aliphatic carboxylic acids is 1. The third-order valence-corrected chi connectivity index (χ3v) is 2.37. The number of carbonyl (C=O) groups is 1. The van der Waals surface area contributed by atoms with Crippen LogP contribution in [0.1, 0.15) is 6.42 Å². The van der Waals surface area contributed by atoms with Crippen molar-refractivity contribution < 1.29 is 22.9 Å².